The molecule has 2 aliphatic heterocycles. The molecular weight excluding hydrogens is 188 g/mol. The molecule has 2 atom stereocenters. The summed E-state index contributed by atoms with van der Waals surface area (Å²) in [5.74, 6) is 1.83. The number of rotatable bonds is 1. The second-order valence-corrected chi connectivity index (χ2v) is 4.59. The first kappa shape index (κ1) is 9.21. The summed E-state index contributed by atoms with van der Waals surface area (Å²) in [6.45, 7) is 3.47. The summed E-state index contributed by atoms with van der Waals surface area (Å²) in [5.41, 5.74) is 0. The number of aromatic nitrogens is 2. The number of piperidine rings is 1. The van der Waals surface area contributed by atoms with Gasteiger partial charge in [0.2, 0.25) is 5.95 Å². The Balaban J connectivity index is 1.69. The monoisotopic (exact) mass is 206 g/mol. The first-order chi connectivity index (χ1) is 7.43. The van der Waals surface area contributed by atoms with E-state index in [2.05, 4.69) is 26.4 Å². The minimum absolute atomic E-state index is 0.618. The SMILES string of the molecule is c1cn2c(n1)NC(C1CCCNC1)CC2. The number of fused-ring (bicyclic) bond motifs is 1. The van der Waals surface area contributed by atoms with Crippen LogP contribution in [0.1, 0.15) is 19.3 Å². The average Bonchev–Trinajstić information content (AvgIpc) is 2.77. The Kier molecular flexibility index (Phi) is 2.37. The molecule has 15 heavy (non-hydrogen) atoms. The third-order valence-corrected chi connectivity index (χ3v) is 3.62. The molecule has 2 N–H and O–H groups in total. The van der Waals surface area contributed by atoms with E-state index in [1.54, 1.807) is 0 Å². The van der Waals surface area contributed by atoms with Crippen LogP contribution in [0.2, 0.25) is 0 Å². The van der Waals surface area contributed by atoms with E-state index in [1.165, 1.54) is 32.4 Å². The Morgan fingerprint density at radius 1 is 1.40 bits per heavy atom. The standard InChI is InChI=1S/C11H18N4/c1-2-9(8-12-4-1)10-3-6-15-7-5-13-11(15)14-10/h5,7,9-10,12H,1-4,6,8H2,(H,13,14). The van der Waals surface area contributed by atoms with Crippen molar-refractivity contribution in [3.05, 3.63) is 12.4 Å². The largest absolute Gasteiger partial charge is 0.353 e. The fourth-order valence-corrected chi connectivity index (χ4v) is 2.72. The first-order valence-electron chi connectivity index (χ1n) is 5.92. The molecule has 0 saturated carbocycles. The van der Waals surface area contributed by atoms with Gasteiger partial charge in [-0.25, -0.2) is 4.98 Å². The zero-order valence-electron chi connectivity index (χ0n) is 8.95. The predicted molar refractivity (Wildman–Crippen MR) is 59.8 cm³/mol. The zero-order chi connectivity index (χ0) is 10.1. The lowest BCUT2D eigenvalue weighted by molar-refractivity contribution is 0.308. The van der Waals surface area contributed by atoms with E-state index in [9.17, 15) is 0 Å². The molecule has 3 rings (SSSR count). The molecule has 1 aromatic rings. The Morgan fingerprint density at radius 2 is 2.40 bits per heavy atom. The highest BCUT2D eigenvalue weighted by molar-refractivity contribution is 5.30. The number of nitrogens with zero attached hydrogens (tertiary/aromatic N) is 2. The van der Waals surface area contributed by atoms with Crippen LogP contribution >= 0.6 is 0 Å². The summed E-state index contributed by atoms with van der Waals surface area (Å²) < 4.78 is 2.20. The molecule has 0 bridgehead atoms. The molecule has 1 saturated heterocycles. The van der Waals surface area contributed by atoms with Gasteiger partial charge in [-0.1, -0.05) is 0 Å². The molecule has 0 radical (unpaired) electrons. The third kappa shape index (κ3) is 1.74. The Labute approximate surface area is 90.1 Å². The van der Waals surface area contributed by atoms with E-state index < -0.39 is 0 Å². The van der Waals surface area contributed by atoms with Gasteiger partial charge in [0.05, 0.1) is 0 Å². The maximum Gasteiger partial charge on any atom is 0.202 e. The molecule has 2 unspecified atom stereocenters. The quantitative estimate of drug-likeness (QED) is 0.722. The van der Waals surface area contributed by atoms with Crippen LogP contribution in [0.25, 0.3) is 0 Å². The van der Waals surface area contributed by atoms with Crippen molar-refractivity contribution in [3.8, 4) is 0 Å². The summed E-state index contributed by atoms with van der Waals surface area (Å²) in [6.07, 6.45) is 7.83. The third-order valence-electron chi connectivity index (χ3n) is 3.62. The maximum atomic E-state index is 4.33. The molecule has 0 aliphatic carbocycles. The van der Waals surface area contributed by atoms with Gasteiger partial charge in [-0.15, -0.1) is 0 Å². The number of hydrogen-bond acceptors (Lipinski definition) is 3. The smallest absolute Gasteiger partial charge is 0.202 e. The minimum atomic E-state index is 0.618. The maximum absolute atomic E-state index is 4.33. The van der Waals surface area contributed by atoms with Gasteiger partial charge in [-0.3, -0.25) is 0 Å². The summed E-state index contributed by atoms with van der Waals surface area (Å²) in [6, 6.07) is 0.618. The van der Waals surface area contributed by atoms with Crippen LogP contribution in [0, 0.1) is 5.92 Å². The fraction of sp³-hybridized carbons (Fsp3) is 0.727. The highest BCUT2D eigenvalue weighted by Gasteiger charge is 2.27. The van der Waals surface area contributed by atoms with E-state index in [4.69, 9.17) is 0 Å². The van der Waals surface area contributed by atoms with Gasteiger partial charge in [0.15, 0.2) is 0 Å². The van der Waals surface area contributed by atoms with E-state index in [-0.39, 0.29) is 0 Å². The topological polar surface area (TPSA) is 41.9 Å². The summed E-state index contributed by atoms with van der Waals surface area (Å²) >= 11 is 0. The molecule has 4 nitrogen and oxygen atoms in total. The molecule has 0 spiro atoms. The molecule has 3 heterocycles. The molecule has 1 fully saturated rings. The van der Waals surface area contributed by atoms with Crippen LogP contribution in [0.5, 0.6) is 0 Å². The molecule has 0 aromatic carbocycles. The fourth-order valence-electron chi connectivity index (χ4n) is 2.72. The van der Waals surface area contributed by atoms with Crippen molar-refractivity contribution in [2.45, 2.75) is 31.8 Å². The van der Waals surface area contributed by atoms with Gasteiger partial charge in [-0.05, 0) is 38.3 Å². The lowest BCUT2D eigenvalue weighted by atomic mass is 9.89. The van der Waals surface area contributed by atoms with Crippen LogP contribution < -0.4 is 10.6 Å². The van der Waals surface area contributed by atoms with Gasteiger partial charge >= 0.3 is 0 Å². The second kappa shape index (κ2) is 3.85. The average molecular weight is 206 g/mol. The summed E-state index contributed by atoms with van der Waals surface area (Å²) in [5, 5.41) is 7.04. The van der Waals surface area contributed by atoms with Crippen molar-refractivity contribution in [2.75, 3.05) is 18.4 Å². The van der Waals surface area contributed by atoms with Gasteiger partial charge < -0.3 is 15.2 Å². The Hall–Kier alpha value is -1.03. The van der Waals surface area contributed by atoms with Crippen LogP contribution in [0.3, 0.4) is 0 Å². The highest BCUT2D eigenvalue weighted by Crippen LogP contribution is 2.24. The molecule has 2 aliphatic rings. The van der Waals surface area contributed by atoms with Gasteiger partial charge in [0, 0.05) is 25.0 Å². The number of nitrogens with one attached hydrogen (secondary N) is 2. The van der Waals surface area contributed by atoms with Crippen molar-refractivity contribution in [1.29, 1.82) is 0 Å². The zero-order valence-corrected chi connectivity index (χ0v) is 8.95. The first-order valence-corrected chi connectivity index (χ1v) is 5.92. The lowest BCUT2D eigenvalue weighted by Crippen LogP contribution is -2.43. The number of imidazole rings is 1. The number of hydrogen-bond donors (Lipinski definition) is 2. The van der Waals surface area contributed by atoms with Crippen molar-refractivity contribution < 1.29 is 0 Å². The van der Waals surface area contributed by atoms with Gasteiger partial charge in [-0.2, -0.15) is 0 Å². The number of aryl methyl sites for hydroxylation is 1. The van der Waals surface area contributed by atoms with Crippen LogP contribution in [0.4, 0.5) is 5.95 Å². The molecule has 82 valence electrons. The number of anilines is 1. The van der Waals surface area contributed by atoms with Crippen molar-refractivity contribution in [2.24, 2.45) is 5.92 Å². The normalized spacial score (nSPS) is 30.7. The molecule has 0 amide bonds. The van der Waals surface area contributed by atoms with E-state index in [0.717, 1.165) is 18.4 Å². The van der Waals surface area contributed by atoms with Crippen molar-refractivity contribution in [3.63, 3.8) is 0 Å². The van der Waals surface area contributed by atoms with Crippen molar-refractivity contribution >= 4 is 5.95 Å². The van der Waals surface area contributed by atoms with Crippen LogP contribution in [-0.2, 0) is 6.54 Å². The molecule has 4 heteroatoms. The molecular formula is C11H18N4. The predicted octanol–water partition coefficient (Wildman–Crippen LogP) is 1.07. The minimum Gasteiger partial charge on any atom is -0.353 e. The van der Waals surface area contributed by atoms with Crippen LogP contribution in [-0.4, -0.2) is 28.7 Å². The lowest BCUT2D eigenvalue weighted by Gasteiger charge is -2.34. The second-order valence-electron chi connectivity index (χ2n) is 4.59. The Bertz CT molecular complexity index is 327. The summed E-state index contributed by atoms with van der Waals surface area (Å²) in [4.78, 5) is 4.33. The van der Waals surface area contributed by atoms with Crippen molar-refractivity contribution in [1.82, 2.24) is 14.9 Å². The van der Waals surface area contributed by atoms with Crippen LogP contribution in [0.15, 0.2) is 12.4 Å². The van der Waals surface area contributed by atoms with E-state index in [0.29, 0.717) is 6.04 Å². The van der Waals surface area contributed by atoms with E-state index >= 15 is 0 Å². The highest BCUT2D eigenvalue weighted by atomic mass is 15.2. The van der Waals surface area contributed by atoms with Gasteiger partial charge in [0.1, 0.15) is 0 Å². The Morgan fingerprint density at radius 3 is 3.27 bits per heavy atom. The van der Waals surface area contributed by atoms with E-state index in [1.807, 2.05) is 6.20 Å². The molecule has 1 aromatic heterocycles. The van der Waals surface area contributed by atoms with Gasteiger partial charge in [0.25, 0.3) is 0 Å². The summed E-state index contributed by atoms with van der Waals surface area (Å²) in [7, 11) is 0.